The summed E-state index contributed by atoms with van der Waals surface area (Å²) >= 11 is 5.91. The number of rotatable bonds is 5. The van der Waals surface area contributed by atoms with E-state index in [-0.39, 0.29) is 5.91 Å². The van der Waals surface area contributed by atoms with Crippen LogP contribution in [0.2, 0.25) is 5.02 Å². The van der Waals surface area contributed by atoms with Crippen molar-refractivity contribution in [1.82, 2.24) is 10.2 Å². The summed E-state index contributed by atoms with van der Waals surface area (Å²) in [5.74, 6) is -1.45. The van der Waals surface area contributed by atoms with Gasteiger partial charge in [-0.05, 0) is 38.7 Å². The lowest BCUT2D eigenvalue weighted by molar-refractivity contribution is -0.142. The number of hydrogen-bond donors (Lipinski definition) is 2. The zero-order valence-electron chi connectivity index (χ0n) is 11.1. The first kappa shape index (κ1) is 15.5. The van der Waals surface area contributed by atoms with Gasteiger partial charge in [-0.1, -0.05) is 23.7 Å². The molecule has 2 N–H and O–H groups in total. The molecule has 5 nitrogen and oxygen atoms in total. The van der Waals surface area contributed by atoms with Gasteiger partial charge in [-0.25, -0.2) is 0 Å². The number of halogens is 1. The average Bonchev–Trinajstić information content (AvgIpc) is 2.28. The van der Waals surface area contributed by atoms with Crippen molar-refractivity contribution < 1.29 is 14.7 Å². The van der Waals surface area contributed by atoms with Crippen molar-refractivity contribution in [3.63, 3.8) is 0 Å². The summed E-state index contributed by atoms with van der Waals surface area (Å²) in [4.78, 5) is 24.6. The molecule has 0 fully saturated rings. The molecule has 19 heavy (non-hydrogen) atoms. The minimum absolute atomic E-state index is 0.373. The third-order valence-electron chi connectivity index (χ3n) is 2.66. The molecule has 0 saturated heterocycles. The predicted molar refractivity (Wildman–Crippen MR) is 73.1 cm³/mol. The van der Waals surface area contributed by atoms with Gasteiger partial charge in [0.05, 0.1) is 0 Å². The molecule has 0 bridgehead atoms. The number of amides is 1. The van der Waals surface area contributed by atoms with Gasteiger partial charge in [0.1, 0.15) is 12.1 Å². The van der Waals surface area contributed by atoms with Crippen LogP contribution in [0, 0.1) is 0 Å². The van der Waals surface area contributed by atoms with E-state index in [1.807, 2.05) is 0 Å². The summed E-state index contributed by atoms with van der Waals surface area (Å²) in [5, 5.41) is 11.8. The molecule has 0 spiro atoms. The van der Waals surface area contributed by atoms with Crippen LogP contribution in [0.15, 0.2) is 24.3 Å². The highest BCUT2D eigenvalue weighted by Gasteiger charge is 2.25. The van der Waals surface area contributed by atoms with Crippen molar-refractivity contribution in [1.29, 1.82) is 0 Å². The number of carboxylic acids is 1. The van der Waals surface area contributed by atoms with E-state index < -0.39 is 18.1 Å². The maximum absolute atomic E-state index is 12.2. The molecule has 0 aliphatic rings. The fourth-order valence-corrected chi connectivity index (χ4v) is 1.91. The van der Waals surface area contributed by atoms with Gasteiger partial charge in [-0.3, -0.25) is 14.5 Å². The Morgan fingerprint density at radius 2 is 2.00 bits per heavy atom. The van der Waals surface area contributed by atoms with E-state index in [1.165, 1.54) is 6.92 Å². The van der Waals surface area contributed by atoms with Gasteiger partial charge in [0.25, 0.3) is 0 Å². The minimum atomic E-state index is -1.07. The lowest BCUT2D eigenvalue weighted by Crippen LogP contribution is -2.44. The Kier molecular flexibility index (Phi) is 5.32. The summed E-state index contributed by atoms with van der Waals surface area (Å²) < 4.78 is 0. The van der Waals surface area contributed by atoms with Gasteiger partial charge in [0.2, 0.25) is 5.91 Å². The van der Waals surface area contributed by atoms with Crippen molar-refractivity contribution in [3.8, 4) is 0 Å². The number of carbonyl (C=O) groups excluding carboxylic acids is 1. The highest BCUT2D eigenvalue weighted by molar-refractivity contribution is 6.30. The number of nitrogens with zero attached hydrogens (tertiary/aromatic N) is 1. The summed E-state index contributed by atoms with van der Waals surface area (Å²) in [6.07, 6.45) is 0. The largest absolute Gasteiger partial charge is 0.480 e. The van der Waals surface area contributed by atoms with Crippen molar-refractivity contribution in [2.75, 3.05) is 14.1 Å². The number of likely N-dealkylation sites (N-methyl/N-ethyl adjacent to an activating group) is 1. The van der Waals surface area contributed by atoms with Crippen LogP contribution in [0.3, 0.4) is 0 Å². The lowest BCUT2D eigenvalue weighted by Gasteiger charge is -2.25. The first-order valence-electron chi connectivity index (χ1n) is 5.78. The van der Waals surface area contributed by atoms with E-state index in [1.54, 1.807) is 43.3 Å². The molecule has 0 aromatic heterocycles. The van der Waals surface area contributed by atoms with Crippen LogP contribution in [0.25, 0.3) is 0 Å². The number of aliphatic carboxylic acids is 1. The van der Waals surface area contributed by atoms with Crippen LogP contribution in [0.5, 0.6) is 0 Å². The van der Waals surface area contributed by atoms with E-state index in [0.717, 1.165) is 0 Å². The van der Waals surface area contributed by atoms with Crippen LogP contribution in [0.4, 0.5) is 0 Å². The summed E-state index contributed by atoms with van der Waals surface area (Å²) in [6.45, 7) is 1.42. The highest BCUT2D eigenvalue weighted by atomic mass is 35.5. The van der Waals surface area contributed by atoms with Crippen molar-refractivity contribution in [3.05, 3.63) is 34.9 Å². The summed E-state index contributed by atoms with van der Waals surface area (Å²) in [6, 6.07) is 5.42. The van der Waals surface area contributed by atoms with Crippen molar-refractivity contribution in [2.45, 2.75) is 19.0 Å². The van der Waals surface area contributed by atoms with Gasteiger partial charge in [0.15, 0.2) is 0 Å². The van der Waals surface area contributed by atoms with Gasteiger partial charge >= 0.3 is 5.97 Å². The van der Waals surface area contributed by atoms with Crippen LogP contribution in [-0.4, -0.2) is 42.0 Å². The van der Waals surface area contributed by atoms with Gasteiger partial charge in [-0.15, -0.1) is 0 Å². The SMILES string of the molecule is CC(NC(=O)C(c1cccc(Cl)c1)N(C)C)C(=O)O. The van der Waals surface area contributed by atoms with E-state index in [4.69, 9.17) is 16.7 Å². The number of hydrogen-bond acceptors (Lipinski definition) is 3. The molecule has 2 atom stereocenters. The zero-order valence-corrected chi connectivity index (χ0v) is 11.8. The Morgan fingerprint density at radius 1 is 1.37 bits per heavy atom. The van der Waals surface area contributed by atoms with Crippen molar-refractivity contribution in [2.24, 2.45) is 0 Å². The molecule has 1 aromatic carbocycles. The number of nitrogens with one attached hydrogen (secondary N) is 1. The Hall–Kier alpha value is -1.59. The second-order valence-corrected chi connectivity index (χ2v) is 4.93. The van der Waals surface area contributed by atoms with E-state index >= 15 is 0 Å². The average molecular weight is 285 g/mol. The zero-order chi connectivity index (χ0) is 14.6. The summed E-state index contributed by atoms with van der Waals surface area (Å²) in [7, 11) is 3.49. The van der Waals surface area contributed by atoms with E-state index in [0.29, 0.717) is 10.6 Å². The normalized spacial score (nSPS) is 13.9. The molecular weight excluding hydrogens is 268 g/mol. The standard InChI is InChI=1S/C13H17ClN2O3/c1-8(13(18)19)15-12(17)11(16(2)3)9-5-4-6-10(14)7-9/h4-8,11H,1-3H3,(H,15,17)(H,18,19). The van der Waals surface area contributed by atoms with Gasteiger partial charge < -0.3 is 10.4 Å². The smallest absolute Gasteiger partial charge is 0.325 e. The van der Waals surface area contributed by atoms with Crippen molar-refractivity contribution >= 4 is 23.5 Å². The second kappa shape index (κ2) is 6.54. The predicted octanol–water partition coefficient (Wildman–Crippen LogP) is 1.53. The molecule has 0 aliphatic carbocycles. The number of carbonyl (C=O) groups is 2. The first-order valence-corrected chi connectivity index (χ1v) is 6.15. The Morgan fingerprint density at radius 3 is 2.47 bits per heavy atom. The first-order chi connectivity index (χ1) is 8.82. The molecule has 1 aromatic rings. The molecule has 6 heteroatoms. The lowest BCUT2D eigenvalue weighted by atomic mass is 10.0. The Labute approximate surface area is 117 Å². The maximum atomic E-state index is 12.2. The number of carboxylic acid groups (broad SMARTS) is 1. The third-order valence-corrected chi connectivity index (χ3v) is 2.89. The molecule has 104 valence electrons. The topological polar surface area (TPSA) is 69.6 Å². The monoisotopic (exact) mass is 284 g/mol. The van der Waals surface area contributed by atoms with Crippen LogP contribution < -0.4 is 5.32 Å². The van der Waals surface area contributed by atoms with Crippen LogP contribution in [-0.2, 0) is 9.59 Å². The number of benzene rings is 1. The minimum Gasteiger partial charge on any atom is -0.480 e. The quantitative estimate of drug-likeness (QED) is 0.860. The van der Waals surface area contributed by atoms with E-state index in [9.17, 15) is 9.59 Å². The molecule has 0 heterocycles. The van der Waals surface area contributed by atoms with Crippen LogP contribution >= 0.6 is 11.6 Å². The maximum Gasteiger partial charge on any atom is 0.325 e. The molecule has 1 amide bonds. The summed E-state index contributed by atoms with van der Waals surface area (Å²) in [5.41, 5.74) is 0.715. The fraction of sp³-hybridized carbons (Fsp3) is 0.385. The van der Waals surface area contributed by atoms with E-state index in [2.05, 4.69) is 5.32 Å². The molecule has 0 radical (unpaired) electrons. The third kappa shape index (κ3) is 4.22. The second-order valence-electron chi connectivity index (χ2n) is 4.49. The highest BCUT2D eigenvalue weighted by Crippen LogP contribution is 2.21. The molecular formula is C13H17ClN2O3. The van der Waals surface area contributed by atoms with Crippen LogP contribution in [0.1, 0.15) is 18.5 Å². The fourth-order valence-electron chi connectivity index (χ4n) is 1.71. The Bertz CT molecular complexity index is 477. The molecule has 1 rings (SSSR count). The van der Waals surface area contributed by atoms with Gasteiger partial charge in [-0.2, -0.15) is 0 Å². The van der Waals surface area contributed by atoms with Gasteiger partial charge in [0, 0.05) is 5.02 Å². The molecule has 2 unspecified atom stereocenters. The molecule has 0 aliphatic heterocycles. The molecule has 0 saturated carbocycles. The Balaban J connectivity index is 2.95.